The quantitative estimate of drug-likeness (QED) is 0.475. The van der Waals surface area contributed by atoms with E-state index in [1.165, 1.54) is 23.1 Å². The molecule has 8 heteroatoms. The summed E-state index contributed by atoms with van der Waals surface area (Å²) in [4.78, 5) is 31.0. The number of fused-ring (bicyclic) bond motifs is 3. The molecule has 2 aromatic carbocycles. The molecule has 216 valence electrons. The highest BCUT2D eigenvalue weighted by Crippen LogP contribution is 2.45. The minimum Gasteiger partial charge on any atom is -0.360 e. The minimum atomic E-state index is -0.332. The molecule has 4 fully saturated rings. The number of rotatable bonds is 5. The Hall–Kier alpha value is -2.74. The monoisotopic (exact) mass is 576 g/mol. The van der Waals surface area contributed by atoms with Gasteiger partial charge in [-0.2, -0.15) is 0 Å². The van der Waals surface area contributed by atoms with Crippen LogP contribution in [0.1, 0.15) is 69.1 Å². The molecule has 1 aliphatic carbocycles. The van der Waals surface area contributed by atoms with Crippen LogP contribution >= 0.6 is 11.6 Å². The van der Waals surface area contributed by atoms with Gasteiger partial charge >= 0.3 is 0 Å². The molecule has 0 aromatic heterocycles. The first-order valence-corrected chi connectivity index (χ1v) is 15.4. The molecule has 8 rings (SSSR count). The van der Waals surface area contributed by atoms with E-state index in [-0.39, 0.29) is 29.1 Å². The third-order valence-corrected chi connectivity index (χ3v) is 10.3. The fraction of sp³-hybridized carbons (Fsp3) is 0.515. The minimum absolute atomic E-state index is 0.167. The van der Waals surface area contributed by atoms with Crippen LogP contribution in [0.2, 0.25) is 5.02 Å². The molecule has 0 saturated carbocycles. The maximum Gasteiger partial charge on any atom is 0.243 e. The number of carbonyl (C=O) groups is 2. The van der Waals surface area contributed by atoms with Crippen molar-refractivity contribution < 1.29 is 14.0 Å². The molecule has 0 radical (unpaired) electrons. The Morgan fingerprint density at radius 2 is 1.73 bits per heavy atom. The number of carbonyl (C=O) groups excluding carboxylic acids is 2. The summed E-state index contributed by atoms with van der Waals surface area (Å²) < 4.78 is 15.5. The SMILES string of the molecule is CC1(C)CCC(CN2CC3CC(C2)N3c2cc3c(cc2F)CN(C2CCC(=O)NC2=O)C3)=C(c2ccc(Cl)cc2)C1. The van der Waals surface area contributed by atoms with Crippen LogP contribution in [0.3, 0.4) is 0 Å². The van der Waals surface area contributed by atoms with Gasteiger partial charge in [-0.05, 0) is 84.0 Å². The van der Waals surface area contributed by atoms with Gasteiger partial charge in [-0.3, -0.25) is 24.7 Å². The van der Waals surface area contributed by atoms with Gasteiger partial charge in [0, 0.05) is 56.3 Å². The van der Waals surface area contributed by atoms with Crippen LogP contribution in [0.25, 0.3) is 5.57 Å². The number of amides is 2. The Balaban J connectivity index is 1.05. The first-order chi connectivity index (χ1) is 19.6. The lowest BCUT2D eigenvalue weighted by molar-refractivity contribution is -0.137. The summed E-state index contributed by atoms with van der Waals surface area (Å²) in [6.07, 6.45) is 5.37. The van der Waals surface area contributed by atoms with E-state index in [0.29, 0.717) is 43.7 Å². The molecule has 3 atom stereocenters. The van der Waals surface area contributed by atoms with E-state index in [2.05, 4.69) is 46.0 Å². The van der Waals surface area contributed by atoms with Gasteiger partial charge in [-0.15, -0.1) is 0 Å². The molecule has 6 nitrogen and oxygen atoms in total. The number of hydrogen-bond donors (Lipinski definition) is 1. The molecular weight excluding hydrogens is 539 g/mol. The van der Waals surface area contributed by atoms with Gasteiger partial charge in [0.1, 0.15) is 5.82 Å². The molecule has 2 bridgehead atoms. The smallest absolute Gasteiger partial charge is 0.243 e. The third-order valence-electron chi connectivity index (χ3n) is 10.0. The number of allylic oxidation sites excluding steroid dienone is 1. The topological polar surface area (TPSA) is 55.9 Å². The maximum atomic E-state index is 15.5. The van der Waals surface area contributed by atoms with Gasteiger partial charge in [0.15, 0.2) is 0 Å². The molecule has 5 heterocycles. The van der Waals surface area contributed by atoms with Gasteiger partial charge in [0.25, 0.3) is 0 Å². The lowest BCUT2D eigenvalue weighted by Crippen LogP contribution is -2.69. The average molecular weight is 577 g/mol. The first kappa shape index (κ1) is 27.1. The van der Waals surface area contributed by atoms with E-state index in [1.54, 1.807) is 6.07 Å². The lowest BCUT2D eigenvalue weighted by Gasteiger charge is -2.58. The number of halogens is 2. The Morgan fingerprint density at radius 1 is 1.02 bits per heavy atom. The normalized spacial score (nSPS) is 28.0. The Kier molecular flexibility index (Phi) is 6.75. The summed E-state index contributed by atoms with van der Waals surface area (Å²) in [5, 5.41) is 3.22. The van der Waals surface area contributed by atoms with Gasteiger partial charge in [0.05, 0.1) is 11.7 Å². The Morgan fingerprint density at radius 3 is 2.44 bits per heavy atom. The van der Waals surface area contributed by atoms with Crippen molar-refractivity contribution in [1.82, 2.24) is 15.1 Å². The van der Waals surface area contributed by atoms with E-state index in [0.717, 1.165) is 55.0 Å². The van der Waals surface area contributed by atoms with Crippen LogP contribution in [-0.2, 0) is 22.7 Å². The van der Waals surface area contributed by atoms with Gasteiger partial charge in [-0.1, -0.05) is 43.2 Å². The molecule has 2 aromatic rings. The highest BCUT2D eigenvalue weighted by molar-refractivity contribution is 6.30. The van der Waals surface area contributed by atoms with Crippen molar-refractivity contribution in [2.24, 2.45) is 5.41 Å². The Bertz CT molecular complexity index is 1430. The largest absolute Gasteiger partial charge is 0.360 e. The van der Waals surface area contributed by atoms with Crippen LogP contribution in [0, 0.1) is 11.2 Å². The van der Waals surface area contributed by atoms with Gasteiger partial charge < -0.3 is 4.90 Å². The van der Waals surface area contributed by atoms with E-state index in [4.69, 9.17) is 11.6 Å². The zero-order valence-corrected chi connectivity index (χ0v) is 24.6. The number of anilines is 1. The van der Waals surface area contributed by atoms with Crippen molar-refractivity contribution >= 4 is 34.7 Å². The fourth-order valence-electron chi connectivity index (χ4n) is 7.84. The molecular formula is C33H38ClFN4O2. The molecule has 41 heavy (non-hydrogen) atoms. The third kappa shape index (κ3) is 5.10. The molecule has 3 unspecified atom stereocenters. The van der Waals surface area contributed by atoms with E-state index < -0.39 is 0 Å². The number of imide groups is 1. The number of benzene rings is 2. The van der Waals surface area contributed by atoms with Crippen molar-refractivity contribution in [3.8, 4) is 0 Å². The lowest BCUT2D eigenvalue weighted by atomic mass is 9.72. The van der Waals surface area contributed by atoms with Gasteiger partial charge in [0.2, 0.25) is 11.8 Å². The second-order valence-electron chi connectivity index (χ2n) is 13.5. The Labute approximate surface area is 246 Å². The number of piperazine rings is 1. The molecule has 6 aliphatic rings. The van der Waals surface area contributed by atoms with E-state index in [1.807, 2.05) is 18.2 Å². The summed E-state index contributed by atoms with van der Waals surface area (Å²) >= 11 is 6.19. The average Bonchev–Trinajstić information content (AvgIpc) is 3.32. The second kappa shape index (κ2) is 10.2. The van der Waals surface area contributed by atoms with Crippen LogP contribution in [0.5, 0.6) is 0 Å². The summed E-state index contributed by atoms with van der Waals surface area (Å²) in [6, 6.07) is 12.3. The van der Waals surface area contributed by atoms with E-state index in [9.17, 15) is 9.59 Å². The number of nitrogens with zero attached hydrogens (tertiary/aromatic N) is 3. The predicted octanol–water partition coefficient (Wildman–Crippen LogP) is 5.53. The van der Waals surface area contributed by atoms with Crippen LogP contribution in [0.15, 0.2) is 42.0 Å². The number of nitrogens with one attached hydrogen (secondary N) is 1. The van der Waals surface area contributed by atoms with Crippen molar-refractivity contribution in [2.45, 2.75) is 83.6 Å². The van der Waals surface area contributed by atoms with Crippen molar-refractivity contribution in [2.75, 3.05) is 24.5 Å². The molecule has 2 amide bonds. The molecule has 0 spiro atoms. The fourth-order valence-corrected chi connectivity index (χ4v) is 7.96. The zero-order valence-electron chi connectivity index (χ0n) is 23.9. The van der Waals surface area contributed by atoms with Crippen LogP contribution < -0.4 is 10.2 Å². The molecule has 5 aliphatic heterocycles. The second-order valence-corrected chi connectivity index (χ2v) is 14.0. The van der Waals surface area contributed by atoms with E-state index >= 15 is 4.39 Å². The van der Waals surface area contributed by atoms with Crippen LogP contribution in [0.4, 0.5) is 10.1 Å². The van der Waals surface area contributed by atoms with Crippen molar-refractivity contribution in [1.29, 1.82) is 0 Å². The van der Waals surface area contributed by atoms with Gasteiger partial charge in [-0.25, -0.2) is 4.39 Å². The number of hydrogen-bond acceptors (Lipinski definition) is 5. The van der Waals surface area contributed by atoms with Crippen LogP contribution in [-0.4, -0.2) is 59.4 Å². The van der Waals surface area contributed by atoms with Crippen molar-refractivity contribution in [3.63, 3.8) is 0 Å². The summed E-state index contributed by atoms with van der Waals surface area (Å²) in [5.41, 5.74) is 7.33. The van der Waals surface area contributed by atoms with Crippen molar-refractivity contribution in [3.05, 3.63) is 69.5 Å². The summed E-state index contributed by atoms with van der Waals surface area (Å²) in [7, 11) is 0. The summed E-state index contributed by atoms with van der Waals surface area (Å²) in [6.45, 7) is 8.74. The predicted molar refractivity (Wildman–Crippen MR) is 159 cm³/mol. The maximum absolute atomic E-state index is 15.5. The number of piperidine rings is 2. The standard InChI is InChI=1S/C33H38ClFN4O2/c1-33(2)10-9-21(27(14-33)20-3-5-24(34)6-4-20)15-37-18-25-13-26(19-37)39(25)30-12-23-17-38(16-22(23)11-28(30)35)29-7-8-31(40)36-32(29)41/h3-6,11-12,25-26,29H,7-10,13-19H2,1-2H3,(H,36,40,41). The molecule has 4 saturated heterocycles. The first-order valence-electron chi connectivity index (χ1n) is 15.0. The molecule has 1 N–H and O–H groups in total. The highest BCUT2D eigenvalue weighted by Gasteiger charge is 2.46. The highest BCUT2D eigenvalue weighted by atomic mass is 35.5. The zero-order chi connectivity index (χ0) is 28.5. The summed E-state index contributed by atoms with van der Waals surface area (Å²) in [5.74, 6) is -0.610.